The normalized spacial score (nSPS) is 14.5. The Hall–Kier alpha value is -2.62. The number of amides is 1. The average Bonchev–Trinajstić information content (AvgIpc) is 3.36. The fraction of sp³-hybridized carbons (Fsp3) is 0.364. The van der Waals surface area contributed by atoms with Crippen LogP contribution in [0.5, 0.6) is 0 Å². The Bertz CT molecular complexity index is 1090. The van der Waals surface area contributed by atoms with Crippen LogP contribution in [0.15, 0.2) is 42.3 Å². The predicted molar refractivity (Wildman–Crippen MR) is 126 cm³/mol. The van der Waals surface area contributed by atoms with Crippen LogP contribution in [0.3, 0.4) is 0 Å². The van der Waals surface area contributed by atoms with E-state index in [2.05, 4.69) is 32.0 Å². The number of thiazole rings is 1. The molecule has 4 rings (SSSR count). The van der Waals surface area contributed by atoms with Crippen molar-refractivity contribution in [3.63, 3.8) is 0 Å². The van der Waals surface area contributed by atoms with Gasteiger partial charge in [0.25, 0.3) is 5.91 Å². The summed E-state index contributed by atoms with van der Waals surface area (Å²) in [6.45, 7) is 7.61. The lowest BCUT2D eigenvalue weighted by Crippen LogP contribution is -2.29. The number of hydrogen-bond acceptors (Lipinski definition) is 6. The van der Waals surface area contributed by atoms with Gasteiger partial charge in [0.15, 0.2) is 9.90 Å². The number of benzene rings is 1. The molecule has 0 unspecified atom stereocenters. The molecule has 0 bridgehead atoms. The summed E-state index contributed by atoms with van der Waals surface area (Å²) in [5.74, 6) is 0.636. The first kappa shape index (κ1) is 21.6. The molecule has 0 saturated carbocycles. The minimum atomic E-state index is -0.153. The van der Waals surface area contributed by atoms with Crippen molar-refractivity contribution in [2.45, 2.75) is 38.8 Å². The molecule has 31 heavy (non-hydrogen) atoms. The molecule has 7 nitrogen and oxygen atoms in total. The van der Waals surface area contributed by atoms with E-state index in [1.54, 1.807) is 6.08 Å². The molecule has 1 aliphatic rings. The molecule has 2 aromatic heterocycles. The van der Waals surface area contributed by atoms with Gasteiger partial charge in [-0.3, -0.25) is 24.7 Å². The van der Waals surface area contributed by atoms with Crippen LogP contribution in [0, 0.1) is 4.77 Å². The van der Waals surface area contributed by atoms with Gasteiger partial charge in [-0.05, 0) is 55.8 Å². The molecule has 0 spiro atoms. The van der Waals surface area contributed by atoms with E-state index < -0.39 is 0 Å². The van der Waals surface area contributed by atoms with Gasteiger partial charge in [-0.15, -0.1) is 17.9 Å². The number of allylic oxidation sites excluding steroid dienone is 1. The Morgan fingerprint density at radius 2 is 2.03 bits per heavy atom. The summed E-state index contributed by atoms with van der Waals surface area (Å²) in [5, 5.41) is 12.5. The van der Waals surface area contributed by atoms with Gasteiger partial charge in [0.1, 0.15) is 5.82 Å². The minimum absolute atomic E-state index is 0.153. The van der Waals surface area contributed by atoms with E-state index in [-0.39, 0.29) is 5.91 Å². The van der Waals surface area contributed by atoms with E-state index in [0.717, 1.165) is 31.2 Å². The van der Waals surface area contributed by atoms with Crippen molar-refractivity contribution in [2.75, 3.05) is 18.4 Å². The minimum Gasteiger partial charge on any atom is -0.300 e. The summed E-state index contributed by atoms with van der Waals surface area (Å²) in [6.07, 6.45) is 6.19. The second-order valence-corrected chi connectivity index (χ2v) is 8.90. The standard InChI is InChI=1S/C22H26N6OS2/c1-2-10-28-19(25-26-22(28)30)13-18-15-31-21(23-18)24-20(29)17-8-6-16(7-9-17)14-27-11-4-3-5-12-27/h2,6-9,15H,1,3-5,10-14H2,(H,26,30)(H,23,24,29). The van der Waals surface area contributed by atoms with Crippen molar-refractivity contribution in [3.05, 3.63) is 69.7 Å². The maximum Gasteiger partial charge on any atom is 0.257 e. The van der Waals surface area contributed by atoms with Crippen molar-refractivity contribution < 1.29 is 4.79 Å². The second kappa shape index (κ2) is 10.1. The summed E-state index contributed by atoms with van der Waals surface area (Å²) >= 11 is 6.65. The average molecular weight is 455 g/mol. The van der Waals surface area contributed by atoms with Crippen LogP contribution in [0.2, 0.25) is 0 Å². The maximum absolute atomic E-state index is 12.6. The van der Waals surface area contributed by atoms with Gasteiger partial charge in [0, 0.05) is 24.0 Å². The van der Waals surface area contributed by atoms with E-state index in [1.807, 2.05) is 34.2 Å². The van der Waals surface area contributed by atoms with Crippen molar-refractivity contribution in [1.82, 2.24) is 24.6 Å². The zero-order valence-electron chi connectivity index (χ0n) is 17.3. The molecule has 1 aliphatic heterocycles. The first-order valence-corrected chi connectivity index (χ1v) is 11.7. The lowest BCUT2D eigenvalue weighted by atomic mass is 10.1. The van der Waals surface area contributed by atoms with Gasteiger partial charge >= 0.3 is 0 Å². The number of nitrogens with zero attached hydrogens (tertiary/aromatic N) is 4. The Labute approximate surface area is 190 Å². The lowest BCUT2D eigenvalue weighted by Gasteiger charge is -2.26. The topological polar surface area (TPSA) is 78.8 Å². The highest BCUT2D eigenvalue weighted by molar-refractivity contribution is 7.71. The third-order valence-corrected chi connectivity index (χ3v) is 6.45. The number of carbonyl (C=O) groups excluding carboxylic acids is 1. The lowest BCUT2D eigenvalue weighted by molar-refractivity contribution is 0.102. The molecular weight excluding hydrogens is 428 g/mol. The van der Waals surface area contributed by atoms with Crippen molar-refractivity contribution >= 4 is 34.6 Å². The molecule has 1 aromatic carbocycles. The Kier molecular flexibility index (Phi) is 7.06. The van der Waals surface area contributed by atoms with Gasteiger partial charge < -0.3 is 0 Å². The summed E-state index contributed by atoms with van der Waals surface area (Å²) in [5.41, 5.74) is 2.70. The molecule has 1 amide bonds. The number of H-pyrrole nitrogens is 1. The fourth-order valence-corrected chi connectivity index (χ4v) is 4.65. The number of piperidine rings is 1. The van der Waals surface area contributed by atoms with Crippen molar-refractivity contribution in [1.29, 1.82) is 0 Å². The van der Waals surface area contributed by atoms with E-state index in [4.69, 9.17) is 12.2 Å². The molecule has 1 saturated heterocycles. The second-order valence-electron chi connectivity index (χ2n) is 7.65. The van der Waals surface area contributed by atoms with Gasteiger partial charge in [-0.1, -0.05) is 24.6 Å². The highest BCUT2D eigenvalue weighted by Gasteiger charge is 2.13. The van der Waals surface area contributed by atoms with Crippen LogP contribution in [0.1, 0.15) is 46.7 Å². The molecule has 0 aliphatic carbocycles. The quantitative estimate of drug-likeness (QED) is 0.389. The molecule has 9 heteroatoms. The van der Waals surface area contributed by atoms with Crippen LogP contribution >= 0.6 is 23.6 Å². The van der Waals surface area contributed by atoms with Gasteiger partial charge in [-0.25, -0.2) is 4.98 Å². The molecular formula is C22H26N6OS2. The number of hydrogen-bond donors (Lipinski definition) is 2. The van der Waals surface area contributed by atoms with E-state index in [1.165, 1.54) is 36.2 Å². The Morgan fingerprint density at radius 1 is 1.26 bits per heavy atom. The molecule has 0 radical (unpaired) electrons. The van der Waals surface area contributed by atoms with Crippen LogP contribution in [0.25, 0.3) is 0 Å². The molecule has 1 fully saturated rings. The van der Waals surface area contributed by atoms with Gasteiger partial charge in [0.2, 0.25) is 0 Å². The molecule has 162 valence electrons. The first-order chi connectivity index (χ1) is 15.1. The van der Waals surface area contributed by atoms with E-state index in [9.17, 15) is 4.79 Å². The van der Waals surface area contributed by atoms with Crippen molar-refractivity contribution in [2.24, 2.45) is 0 Å². The number of anilines is 1. The van der Waals surface area contributed by atoms with Crippen molar-refractivity contribution in [3.8, 4) is 0 Å². The van der Waals surface area contributed by atoms with E-state index >= 15 is 0 Å². The van der Waals surface area contributed by atoms with Gasteiger partial charge in [0.05, 0.1) is 12.1 Å². The Morgan fingerprint density at radius 3 is 2.77 bits per heavy atom. The number of aromatic nitrogens is 4. The molecule has 0 atom stereocenters. The highest BCUT2D eigenvalue weighted by Crippen LogP contribution is 2.19. The zero-order valence-corrected chi connectivity index (χ0v) is 19.0. The summed E-state index contributed by atoms with van der Waals surface area (Å²) in [4.78, 5) is 19.6. The third-order valence-electron chi connectivity index (χ3n) is 5.33. The third kappa shape index (κ3) is 5.55. The summed E-state index contributed by atoms with van der Waals surface area (Å²) < 4.78 is 2.44. The number of rotatable bonds is 8. The molecule has 3 heterocycles. The van der Waals surface area contributed by atoms with Crippen LogP contribution in [-0.4, -0.2) is 43.6 Å². The molecule has 3 aromatic rings. The van der Waals surface area contributed by atoms with Crippen LogP contribution in [0.4, 0.5) is 5.13 Å². The monoisotopic (exact) mass is 454 g/mol. The summed E-state index contributed by atoms with van der Waals surface area (Å²) in [6, 6.07) is 7.85. The SMILES string of the molecule is C=CCn1c(Cc2csc(NC(=O)c3ccc(CN4CCCCC4)cc3)n2)n[nH]c1=S. The van der Waals surface area contributed by atoms with Gasteiger partial charge in [-0.2, -0.15) is 5.10 Å². The number of nitrogens with one attached hydrogen (secondary N) is 2. The number of likely N-dealkylation sites (tertiary alicyclic amines) is 1. The first-order valence-electron chi connectivity index (χ1n) is 10.4. The van der Waals surface area contributed by atoms with Crippen LogP contribution in [-0.2, 0) is 19.5 Å². The summed E-state index contributed by atoms with van der Waals surface area (Å²) in [7, 11) is 0. The Balaban J connectivity index is 1.35. The van der Waals surface area contributed by atoms with E-state index in [0.29, 0.717) is 28.4 Å². The van der Waals surface area contributed by atoms with Crippen LogP contribution < -0.4 is 5.32 Å². The number of carbonyl (C=O) groups is 1. The molecule has 2 N–H and O–H groups in total. The smallest absolute Gasteiger partial charge is 0.257 e. The zero-order chi connectivity index (χ0) is 21.6. The largest absolute Gasteiger partial charge is 0.300 e. The predicted octanol–water partition coefficient (Wildman–Crippen LogP) is 4.41. The number of aromatic amines is 1. The highest BCUT2D eigenvalue weighted by atomic mass is 32.1. The maximum atomic E-state index is 12.6. The fourth-order valence-electron chi connectivity index (χ4n) is 3.72.